The molecule has 0 aliphatic rings. The van der Waals surface area contributed by atoms with E-state index in [0.29, 0.717) is 11.3 Å². The zero-order valence-electron chi connectivity index (χ0n) is 10.7. The van der Waals surface area contributed by atoms with Gasteiger partial charge in [-0.25, -0.2) is 9.18 Å². The number of thioether (sulfide) groups is 1. The number of carboxylic acid groups (broad SMARTS) is 1. The van der Waals surface area contributed by atoms with Crippen molar-refractivity contribution in [1.29, 1.82) is 0 Å². The van der Waals surface area contributed by atoms with E-state index in [0.717, 1.165) is 16.0 Å². The molecular weight excluding hydrogens is 299 g/mol. The molecule has 0 aliphatic carbocycles. The Labute approximate surface area is 125 Å². The van der Waals surface area contributed by atoms with Crippen molar-refractivity contribution in [3.8, 4) is 0 Å². The number of hydrogen-bond donors (Lipinski definition) is 1. The van der Waals surface area contributed by atoms with Gasteiger partial charge in [-0.2, -0.15) is 0 Å². The second-order valence-electron chi connectivity index (χ2n) is 4.32. The van der Waals surface area contributed by atoms with Crippen molar-refractivity contribution in [2.45, 2.75) is 17.6 Å². The molecular formula is C15H12ClFO2S. The molecule has 104 valence electrons. The van der Waals surface area contributed by atoms with Gasteiger partial charge in [0.2, 0.25) is 0 Å². The molecule has 0 spiro atoms. The van der Waals surface area contributed by atoms with E-state index in [1.54, 1.807) is 31.2 Å². The molecule has 0 saturated heterocycles. The molecule has 0 aromatic heterocycles. The van der Waals surface area contributed by atoms with Crippen LogP contribution in [0.4, 0.5) is 4.39 Å². The van der Waals surface area contributed by atoms with Crippen molar-refractivity contribution < 1.29 is 14.3 Å². The van der Waals surface area contributed by atoms with Gasteiger partial charge < -0.3 is 5.11 Å². The molecule has 0 heterocycles. The van der Waals surface area contributed by atoms with E-state index in [1.165, 1.54) is 17.8 Å². The van der Waals surface area contributed by atoms with Gasteiger partial charge in [-0.1, -0.05) is 23.7 Å². The molecule has 2 rings (SSSR count). The van der Waals surface area contributed by atoms with Crippen molar-refractivity contribution in [3.63, 3.8) is 0 Å². The lowest BCUT2D eigenvalue weighted by Gasteiger charge is -2.06. The van der Waals surface area contributed by atoms with E-state index >= 15 is 0 Å². The highest BCUT2D eigenvalue weighted by atomic mass is 35.5. The zero-order chi connectivity index (χ0) is 14.7. The van der Waals surface area contributed by atoms with Gasteiger partial charge in [0.25, 0.3) is 0 Å². The van der Waals surface area contributed by atoms with Crippen molar-refractivity contribution in [2.75, 3.05) is 0 Å². The Bertz CT molecular complexity index is 658. The summed E-state index contributed by atoms with van der Waals surface area (Å²) in [5.74, 6) is -0.777. The molecule has 0 aliphatic heterocycles. The van der Waals surface area contributed by atoms with Crippen molar-refractivity contribution >= 4 is 29.3 Å². The Balaban J connectivity index is 2.12. The summed E-state index contributed by atoms with van der Waals surface area (Å²) in [6, 6.07) is 9.88. The van der Waals surface area contributed by atoms with Crippen LogP contribution in [0.5, 0.6) is 0 Å². The molecule has 20 heavy (non-hydrogen) atoms. The molecule has 0 saturated carbocycles. The molecule has 5 heteroatoms. The monoisotopic (exact) mass is 310 g/mol. The molecule has 2 nitrogen and oxygen atoms in total. The van der Waals surface area contributed by atoms with Gasteiger partial charge in [0, 0.05) is 10.6 Å². The number of carboxylic acids is 1. The first-order valence-electron chi connectivity index (χ1n) is 5.88. The number of aryl methyl sites for hydroxylation is 1. The highest BCUT2D eigenvalue weighted by Gasteiger charge is 2.08. The Kier molecular flexibility index (Phi) is 4.68. The summed E-state index contributed by atoms with van der Waals surface area (Å²) < 4.78 is 13.0. The lowest BCUT2D eigenvalue weighted by atomic mass is 10.1. The summed E-state index contributed by atoms with van der Waals surface area (Å²) in [6.45, 7) is 1.76. The average Bonchev–Trinajstić information content (AvgIpc) is 2.41. The van der Waals surface area contributed by atoms with Crippen LogP contribution in [0.15, 0.2) is 41.3 Å². The molecule has 0 atom stereocenters. The minimum absolute atomic E-state index is 0.0956. The van der Waals surface area contributed by atoms with Crippen molar-refractivity contribution in [3.05, 3.63) is 63.9 Å². The Morgan fingerprint density at radius 3 is 2.70 bits per heavy atom. The third kappa shape index (κ3) is 3.52. The zero-order valence-corrected chi connectivity index (χ0v) is 12.3. The summed E-state index contributed by atoms with van der Waals surface area (Å²) in [4.78, 5) is 11.9. The maximum absolute atomic E-state index is 13.0. The van der Waals surface area contributed by atoms with Crippen molar-refractivity contribution in [2.24, 2.45) is 0 Å². The standard InChI is InChI=1S/C15H12ClFO2S/c1-9-2-4-11(7-12(9)15(18)19)20-8-10-3-5-14(17)13(16)6-10/h2-7H,8H2,1H3,(H,18,19). The lowest BCUT2D eigenvalue weighted by Crippen LogP contribution is -1.99. The second-order valence-corrected chi connectivity index (χ2v) is 5.77. The maximum Gasteiger partial charge on any atom is 0.335 e. The van der Waals surface area contributed by atoms with Crippen LogP contribution in [0.1, 0.15) is 21.5 Å². The first-order valence-corrected chi connectivity index (χ1v) is 7.24. The molecule has 2 aromatic carbocycles. The molecule has 0 amide bonds. The summed E-state index contributed by atoms with van der Waals surface area (Å²) in [6.07, 6.45) is 0. The van der Waals surface area contributed by atoms with E-state index in [4.69, 9.17) is 16.7 Å². The van der Waals surface area contributed by atoms with Gasteiger partial charge in [0.1, 0.15) is 5.82 Å². The second kappa shape index (κ2) is 6.29. The van der Waals surface area contributed by atoms with Gasteiger partial charge in [0.05, 0.1) is 10.6 Å². The highest BCUT2D eigenvalue weighted by Crippen LogP contribution is 2.26. The van der Waals surface area contributed by atoms with E-state index in [-0.39, 0.29) is 5.02 Å². The number of aromatic carboxylic acids is 1. The molecule has 1 N–H and O–H groups in total. The Morgan fingerprint density at radius 2 is 2.05 bits per heavy atom. The average molecular weight is 311 g/mol. The topological polar surface area (TPSA) is 37.3 Å². The first-order chi connectivity index (χ1) is 9.47. The smallest absolute Gasteiger partial charge is 0.335 e. The minimum atomic E-state index is -0.935. The molecule has 0 unspecified atom stereocenters. The summed E-state index contributed by atoms with van der Waals surface area (Å²) in [7, 11) is 0. The quantitative estimate of drug-likeness (QED) is 0.826. The van der Waals surface area contributed by atoms with Crippen LogP contribution in [0.2, 0.25) is 5.02 Å². The number of carbonyl (C=O) groups is 1. The minimum Gasteiger partial charge on any atom is -0.478 e. The number of benzene rings is 2. The van der Waals surface area contributed by atoms with E-state index in [9.17, 15) is 9.18 Å². The lowest BCUT2D eigenvalue weighted by molar-refractivity contribution is 0.0696. The van der Waals surface area contributed by atoms with Gasteiger partial charge >= 0.3 is 5.97 Å². The fourth-order valence-corrected chi connectivity index (χ4v) is 2.80. The molecule has 0 fully saturated rings. The van der Waals surface area contributed by atoms with Crippen molar-refractivity contribution in [1.82, 2.24) is 0 Å². The number of halogens is 2. The summed E-state index contributed by atoms with van der Waals surface area (Å²) in [5, 5.41) is 9.17. The van der Waals surface area contributed by atoms with Crippen LogP contribution in [0.3, 0.4) is 0 Å². The van der Waals surface area contributed by atoms with Crippen LogP contribution in [0.25, 0.3) is 0 Å². The first kappa shape index (κ1) is 14.9. The molecule has 0 bridgehead atoms. The van der Waals surface area contributed by atoms with Gasteiger partial charge in [-0.15, -0.1) is 11.8 Å². The summed E-state index contributed by atoms with van der Waals surface area (Å²) >= 11 is 7.21. The number of rotatable bonds is 4. The predicted octanol–water partition coefficient (Wildman–Crippen LogP) is 4.78. The van der Waals surface area contributed by atoms with E-state index in [1.807, 2.05) is 6.07 Å². The largest absolute Gasteiger partial charge is 0.478 e. The molecule has 0 radical (unpaired) electrons. The normalized spacial score (nSPS) is 10.6. The fourth-order valence-electron chi connectivity index (χ4n) is 1.72. The highest BCUT2D eigenvalue weighted by molar-refractivity contribution is 7.98. The van der Waals surface area contributed by atoms with Crippen LogP contribution in [0, 0.1) is 12.7 Å². The van der Waals surface area contributed by atoms with E-state index in [2.05, 4.69) is 0 Å². The van der Waals surface area contributed by atoms with Crippen LogP contribution >= 0.6 is 23.4 Å². The molecule has 2 aromatic rings. The van der Waals surface area contributed by atoms with Gasteiger partial charge in [-0.3, -0.25) is 0 Å². The maximum atomic E-state index is 13.0. The Morgan fingerprint density at radius 1 is 1.30 bits per heavy atom. The van der Waals surface area contributed by atoms with Crippen LogP contribution in [-0.2, 0) is 5.75 Å². The van der Waals surface area contributed by atoms with Gasteiger partial charge in [0.15, 0.2) is 0 Å². The van der Waals surface area contributed by atoms with E-state index < -0.39 is 11.8 Å². The fraction of sp³-hybridized carbons (Fsp3) is 0.133. The third-order valence-corrected chi connectivity index (χ3v) is 4.18. The SMILES string of the molecule is Cc1ccc(SCc2ccc(F)c(Cl)c2)cc1C(=O)O. The van der Waals surface area contributed by atoms with Gasteiger partial charge in [-0.05, 0) is 42.3 Å². The van der Waals surface area contributed by atoms with Crippen LogP contribution in [-0.4, -0.2) is 11.1 Å². The number of hydrogen-bond acceptors (Lipinski definition) is 2. The predicted molar refractivity (Wildman–Crippen MR) is 79.1 cm³/mol. The van der Waals surface area contributed by atoms with Crippen LogP contribution < -0.4 is 0 Å². The third-order valence-electron chi connectivity index (χ3n) is 2.83. The summed E-state index contributed by atoms with van der Waals surface area (Å²) in [5.41, 5.74) is 1.91. The Hall–Kier alpha value is -1.52.